The minimum Gasteiger partial charge on any atom is -0.480 e. The van der Waals surface area contributed by atoms with Gasteiger partial charge in [0.1, 0.15) is 6.04 Å². The summed E-state index contributed by atoms with van der Waals surface area (Å²) >= 11 is 0. The van der Waals surface area contributed by atoms with Crippen molar-refractivity contribution in [3.8, 4) is 0 Å². The minimum atomic E-state index is -1.14. The van der Waals surface area contributed by atoms with Crippen molar-refractivity contribution in [1.82, 2.24) is 5.32 Å². The monoisotopic (exact) mass is 259 g/mol. The Morgan fingerprint density at radius 2 is 1.89 bits per heavy atom. The number of hydrogen-bond acceptors (Lipinski definition) is 4. The average Bonchev–Trinajstić information content (AvgIpc) is 2.33. The Morgan fingerprint density at radius 1 is 1.22 bits per heavy atom. The Balaban J connectivity index is 4.06. The number of rotatable bonds is 9. The molecule has 0 saturated carbocycles. The second-order valence-electron chi connectivity index (χ2n) is 4.03. The van der Waals surface area contributed by atoms with Crippen LogP contribution >= 0.6 is 0 Å². The van der Waals surface area contributed by atoms with E-state index < -0.39 is 18.0 Å². The lowest BCUT2D eigenvalue weighted by Crippen LogP contribution is -2.41. The third-order valence-corrected chi connectivity index (χ3v) is 2.51. The summed E-state index contributed by atoms with van der Waals surface area (Å²) in [6, 6.07) is -1.03. The summed E-state index contributed by atoms with van der Waals surface area (Å²) in [5, 5.41) is 11.3. The summed E-state index contributed by atoms with van der Waals surface area (Å²) < 4.78 is 4.42. The number of carboxylic acid groups (broad SMARTS) is 1. The van der Waals surface area contributed by atoms with Gasteiger partial charge in [-0.25, -0.2) is 4.79 Å². The zero-order valence-corrected chi connectivity index (χ0v) is 10.9. The standard InChI is InChI=1S/C12H21NO5/c1-3-4-5-6-10(14)13-9(12(16)17)7-8-11(15)18-2/h9H,3-8H2,1-2H3,(H,13,14)(H,16,17)/t9-/m1/s1. The first-order valence-electron chi connectivity index (χ1n) is 6.10. The number of methoxy groups -OCH3 is 1. The van der Waals surface area contributed by atoms with Gasteiger partial charge >= 0.3 is 11.9 Å². The third-order valence-electron chi connectivity index (χ3n) is 2.51. The Kier molecular flexibility index (Phi) is 8.61. The molecule has 104 valence electrons. The predicted octanol–water partition coefficient (Wildman–Crippen LogP) is 1.09. The zero-order valence-electron chi connectivity index (χ0n) is 10.9. The van der Waals surface area contributed by atoms with Crippen LogP contribution in [0.15, 0.2) is 0 Å². The van der Waals surface area contributed by atoms with Gasteiger partial charge in [0.05, 0.1) is 7.11 Å². The van der Waals surface area contributed by atoms with Gasteiger partial charge in [-0.3, -0.25) is 9.59 Å². The molecule has 18 heavy (non-hydrogen) atoms. The second kappa shape index (κ2) is 9.44. The van der Waals surface area contributed by atoms with Crippen molar-refractivity contribution in [1.29, 1.82) is 0 Å². The molecule has 0 aromatic carbocycles. The van der Waals surface area contributed by atoms with Crippen LogP contribution in [0.25, 0.3) is 0 Å². The number of nitrogens with one attached hydrogen (secondary N) is 1. The van der Waals surface area contributed by atoms with E-state index in [4.69, 9.17) is 5.11 Å². The molecular formula is C12H21NO5. The van der Waals surface area contributed by atoms with E-state index in [0.717, 1.165) is 19.3 Å². The SMILES string of the molecule is CCCCCC(=O)N[C@H](CCC(=O)OC)C(=O)O. The Bertz CT molecular complexity index is 290. The van der Waals surface area contributed by atoms with Crippen molar-refractivity contribution in [2.24, 2.45) is 0 Å². The maximum atomic E-state index is 11.5. The molecule has 0 spiro atoms. The van der Waals surface area contributed by atoms with Crippen LogP contribution in [0.5, 0.6) is 0 Å². The Morgan fingerprint density at radius 3 is 2.39 bits per heavy atom. The molecule has 6 heteroatoms. The van der Waals surface area contributed by atoms with Gasteiger partial charge in [0.15, 0.2) is 0 Å². The van der Waals surface area contributed by atoms with Crippen molar-refractivity contribution in [3.05, 3.63) is 0 Å². The largest absolute Gasteiger partial charge is 0.480 e. The molecule has 0 bridgehead atoms. The lowest BCUT2D eigenvalue weighted by atomic mass is 10.1. The number of esters is 1. The van der Waals surface area contributed by atoms with Gasteiger partial charge in [-0.1, -0.05) is 19.8 Å². The van der Waals surface area contributed by atoms with Gasteiger partial charge in [-0.15, -0.1) is 0 Å². The maximum absolute atomic E-state index is 11.5. The minimum absolute atomic E-state index is 0.0251. The number of hydrogen-bond donors (Lipinski definition) is 2. The number of amides is 1. The van der Waals surface area contributed by atoms with Crippen molar-refractivity contribution >= 4 is 17.8 Å². The highest BCUT2D eigenvalue weighted by molar-refractivity contribution is 5.83. The van der Waals surface area contributed by atoms with Crippen LogP contribution in [-0.4, -0.2) is 36.1 Å². The highest BCUT2D eigenvalue weighted by atomic mass is 16.5. The van der Waals surface area contributed by atoms with Gasteiger partial charge < -0.3 is 15.2 Å². The van der Waals surface area contributed by atoms with E-state index in [1.165, 1.54) is 7.11 Å². The van der Waals surface area contributed by atoms with Crippen LogP contribution in [0.2, 0.25) is 0 Å². The molecule has 0 aliphatic rings. The highest BCUT2D eigenvalue weighted by Crippen LogP contribution is 2.03. The number of unbranched alkanes of at least 4 members (excludes halogenated alkanes) is 2. The van der Waals surface area contributed by atoms with E-state index in [9.17, 15) is 14.4 Å². The lowest BCUT2D eigenvalue weighted by molar-refractivity contribution is -0.144. The second-order valence-corrected chi connectivity index (χ2v) is 4.03. The smallest absolute Gasteiger partial charge is 0.326 e. The molecule has 0 aromatic rings. The number of carboxylic acids is 1. The van der Waals surface area contributed by atoms with Crippen molar-refractivity contribution in [3.63, 3.8) is 0 Å². The fourth-order valence-corrected chi connectivity index (χ4v) is 1.42. The first kappa shape index (κ1) is 16.4. The summed E-state index contributed by atoms with van der Waals surface area (Å²) in [6.45, 7) is 2.02. The van der Waals surface area contributed by atoms with E-state index in [0.29, 0.717) is 6.42 Å². The summed E-state index contributed by atoms with van der Waals surface area (Å²) in [6.07, 6.45) is 3.01. The van der Waals surface area contributed by atoms with Crippen LogP contribution in [0.3, 0.4) is 0 Å². The fraction of sp³-hybridized carbons (Fsp3) is 0.750. The highest BCUT2D eigenvalue weighted by Gasteiger charge is 2.20. The van der Waals surface area contributed by atoms with Gasteiger partial charge in [-0.05, 0) is 12.8 Å². The van der Waals surface area contributed by atoms with Crippen molar-refractivity contribution in [2.75, 3.05) is 7.11 Å². The van der Waals surface area contributed by atoms with E-state index >= 15 is 0 Å². The summed E-state index contributed by atoms with van der Waals surface area (Å²) in [5.41, 5.74) is 0. The van der Waals surface area contributed by atoms with Crippen molar-refractivity contribution in [2.45, 2.75) is 51.5 Å². The van der Waals surface area contributed by atoms with Crippen LogP contribution in [-0.2, 0) is 19.1 Å². The van der Waals surface area contributed by atoms with Crippen LogP contribution < -0.4 is 5.32 Å². The van der Waals surface area contributed by atoms with E-state index in [-0.39, 0.29) is 18.7 Å². The molecule has 0 unspecified atom stereocenters. The zero-order chi connectivity index (χ0) is 14.0. The van der Waals surface area contributed by atoms with Crippen LogP contribution in [0.1, 0.15) is 45.4 Å². The van der Waals surface area contributed by atoms with E-state index in [1.54, 1.807) is 0 Å². The molecule has 0 aliphatic heterocycles. The maximum Gasteiger partial charge on any atom is 0.326 e. The van der Waals surface area contributed by atoms with Crippen molar-refractivity contribution < 1.29 is 24.2 Å². The van der Waals surface area contributed by atoms with Gasteiger partial charge in [-0.2, -0.15) is 0 Å². The molecule has 1 amide bonds. The van der Waals surface area contributed by atoms with E-state index in [1.807, 2.05) is 6.92 Å². The molecule has 0 saturated heterocycles. The Hall–Kier alpha value is -1.59. The summed E-state index contributed by atoms with van der Waals surface area (Å²) in [7, 11) is 1.24. The number of carbonyl (C=O) groups is 3. The molecule has 0 aromatic heterocycles. The molecule has 0 heterocycles. The van der Waals surface area contributed by atoms with Gasteiger partial charge in [0.25, 0.3) is 0 Å². The molecule has 6 nitrogen and oxygen atoms in total. The molecule has 1 atom stereocenters. The van der Waals surface area contributed by atoms with Crippen LogP contribution in [0, 0.1) is 0 Å². The summed E-state index contributed by atoms with van der Waals surface area (Å²) in [5.74, 6) is -1.91. The number of aliphatic carboxylic acids is 1. The van der Waals surface area contributed by atoms with Gasteiger partial charge in [0.2, 0.25) is 5.91 Å². The van der Waals surface area contributed by atoms with Crippen LogP contribution in [0.4, 0.5) is 0 Å². The molecule has 0 aliphatic carbocycles. The average molecular weight is 259 g/mol. The quantitative estimate of drug-likeness (QED) is 0.477. The topological polar surface area (TPSA) is 92.7 Å². The predicted molar refractivity (Wildman–Crippen MR) is 65.0 cm³/mol. The summed E-state index contributed by atoms with van der Waals surface area (Å²) in [4.78, 5) is 33.3. The lowest BCUT2D eigenvalue weighted by Gasteiger charge is -2.13. The number of ether oxygens (including phenoxy) is 1. The molecule has 0 radical (unpaired) electrons. The first-order valence-corrected chi connectivity index (χ1v) is 6.10. The molecular weight excluding hydrogens is 238 g/mol. The molecule has 0 fully saturated rings. The fourth-order valence-electron chi connectivity index (χ4n) is 1.42. The molecule has 2 N–H and O–H groups in total. The first-order chi connectivity index (χ1) is 8.51. The normalized spacial score (nSPS) is 11.7. The molecule has 0 rings (SSSR count). The Labute approximate surface area is 107 Å². The van der Waals surface area contributed by atoms with Gasteiger partial charge in [0, 0.05) is 12.8 Å². The third kappa shape index (κ3) is 7.65. The van der Waals surface area contributed by atoms with E-state index in [2.05, 4.69) is 10.1 Å². The number of carbonyl (C=O) groups excluding carboxylic acids is 2.